The van der Waals surface area contributed by atoms with Crippen molar-refractivity contribution in [1.29, 1.82) is 0 Å². The summed E-state index contributed by atoms with van der Waals surface area (Å²) in [6.45, 7) is 5.71. The first-order chi connectivity index (χ1) is 9.63. The van der Waals surface area contributed by atoms with Crippen molar-refractivity contribution < 1.29 is 9.53 Å². The average molecular weight is 280 g/mol. The Balaban J connectivity index is 2.17. The lowest BCUT2D eigenvalue weighted by Crippen LogP contribution is -2.26. The monoisotopic (exact) mass is 280 g/mol. The third-order valence-electron chi connectivity index (χ3n) is 3.45. The van der Waals surface area contributed by atoms with E-state index in [2.05, 4.69) is 29.4 Å². The van der Waals surface area contributed by atoms with Crippen molar-refractivity contribution in [2.75, 3.05) is 33.8 Å². The van der Waals surface area contributed by atoms with Gasteiger partial charge in [0.25, 0.3) is 0 Å². The first-order valence-electron chi connectivity index (χ1n) is 7.24. The zero-order chi connectivity index (χ0) is 14.5. The zero-order valence-electron chi connectivity index (χ0n) is 12.6. The lowest BCUT2D eigenvalue weighted by molar-refractivity contribution is 0.0517. The fourth-order valence-corrected chi connectivity index (χ4v) is 2.50. The maximum atomic E-state index is 12.0. The lowest BCUT2D eigenvalue weighted by atomic mass is 10.1. The van der Waals surface area contributed by atoms with E-state index in [-0.39, 0.29) is 5.97 Å². The van der Waals surface area contributed by atoms with E-state index in [9.17, 15) is 4.79 Å². The van der Waals surface area contributed by atoms with Crippen molar-refractivity contribution >= 4 is 5.97 Å². The van der Waals surface area contributed by atoms with Gasteiger partial charge in [-0.1, -0.05) is 0 Å². The minimum absolute atomic E-state index is 0.307. The van der Waals surface area contributed by atoms with Crippen LogP contribution in [-0.4, -0.2) is 54.4 Å². The van der Waals surface area contributed by atoms with Crippen LogP contribution in [0.25, 0.3) is 0 Å². The molecule has 0 saturated carbocycles. The molecule has 112 valence electrons. The molecule has 6 nitrogen and oxygen atoms in total. The third kappa shape index (κ3) is 3.37. The molecule has 0 radical (unpaired) electrons. The molecule has 0 aliphatic carbocycles. The first-order valence-corrected chi connectivity index (χ1v) is 7.24. The summed E-state index contributed by atoms with van der Waals surface area (Å²) in [5.41, 5.74) is 2.68. The predicted molar refractivity (Wildman–Crippen MR) is 76.8 cm³/mol. The number of nitrogens with zero attached hydrogens (tertiary/aromatic N) is 3. The SMILES string of the molecule is CCOC(=O)c1nn(CCCN(C)C)c2c1CNCC2. The molecule has 1 aliphatic rings. The molecule has 0 aromatic carbocycles. The van der Waals surface area contributed by atoms with Crippen molar-refractivity contribution in [1.82, 2.24) is 20.0 Å². The minimum Gasteiger partial charge on any atom is -0.461 e. The second-order valence-corrected chi connectivity index (χ2v) is 5.30. The van der Waals surface area contributed by atoms with E-state index in [0.29, 0.717) is 18.8 Å². The van der Waals surface area contributed by atoms with Gasteiger partial charge in [0, 0.05) is 37.3 Å². The summed E-state index contributed by atoms with van der Waals surface area (Å²) in [6.07, 6.45) is 1.94. The second-order valence-electron chi connectivity index (χ2n) is 5.30. The van der Waals surface area contributed by atoms with Crippen molar-refractivity contribution in [3.8, 4) is 0 Å². The number of rotatable bonds is 6. The van der Waals surface area contributed by atoms with Crippen LogP contribution in [0.5, 0.6) is 0 Å². The van der Waals surface area contributed by atoms with Gasteiger partial charge in [0.15, 0.2) is 5.69 Å². The number of aryl methyl sites for hydroxylation is 1. The van der Waals surface area contributed by atoms with E-state index < -0.39 is 0 Å². The van der Waals surface area contributed by atoms with Crippen molar-refractivity contribution in [2.24, 2.45) is 0 Å². The fourth-order valence-electron chi connectivity index (χ4n) is 2.50. The molecule has 6 heteroatoms. The highest BCUT2D eigenvalue weighted by Crippen LogP contribution is 2.19. The van der Waals surface area contributed by atoms with Crippen LogP contribution in [0.2, 0.25) is 0 Å². The van der Waals surface area contributed by atoms with Gasteiger partial charge >= 0.3 is 5.97 Å². The van der Waals surface area contributed by atoms with E-state index in [4.69, 9.17) is 4.74 Å². The van der Waals surface area contributed by atoms with Crippen LogP contribution in [0.3, 0.4) is 0 Å². The Labute approximate surface area is 120 Å². The summed E-state index contributed by atoms with van der Waals surface area (Å²) in [5.74, 6) is -0.307. The standard InChI is InChI=1S/C14H24N4O2/c1-4-20-14(19)13-11-10-15-7-6-12(11)18(16-13)9-5-8-17(2)3/h15H,4-10H2,1-3H3. The van der Waals surface area contributed by atoms with Crippen LogP contribution in [0, 0.1) is 0 Å². The number of esters is 1. The molecule has 0 atom stereocenters. The number of hydrogen-bond acceptors (Lipinski definition) is 5. The topological polar surface area (TPSA) is 59.4 Å². The molecule has 2 rings (SSSR count). The van der Waals surface area contributed by atoms with Gasteiger partial charge in [-0.3, -0.25) is 4.68 Å². The predicted octanol–water partition coefficient (Wildman–Crippen LogP) is 0.657. The molecule has 1 N–H and O–H groups in total. The molecule has 1 aliphatic heterocycles. The van der Waals surface area contributed by atoms with Crippen molar-refractivity contribution in [3.63, 3.8) is 0 Å². The van der Waals surface area contributed by atoms with E-state index in [1.165, 1.54) is 5.69 Å². The maximum absolute atomic E-state index is 12.0. The summed E-state index contributed by atoms with van der Waals surface area (Å²) in [7, 11) is 4.12. The van der Waals surface area contributed by atoms with Gasteiger partial charge in [-0.25, -0.2) is 4.79 Å². The second kappa shape index (κ2) is 6.85. The average Bonchev–Trinajstić information content (AvgIpc) is 2.78. The van der Waals surface area contributed by atoms with E-state index >= 15 is 0 Å². The molecule has 0 unspecified atom stereocenters. The normalized spacial score (nSPS) is 14.4. The largest absolute Gasteiger partial charge is 0.461 e. The molecule has 0 fully saturated rings. The summed E-state index contributed by atoms with van der Waals surface area (Å²) in [4.78, 5) is 14.1. The molecule has 20 heavy (non-hydrogen) atoms. The third-order valence-corrected chi connectivity index (χ3v) is 3.45. The molecule has 0 spiro atoms. The Morgan fingerprint density at radius 1 is 1.50 bits per heavy atom. The molecule has 1 aromatic heterocycles. The van der Waals surface area contributed by atoms with Crippen LogP contribution < -0.4 is 5.32 Å². The van der Waals surface area contributed by atoms with Gasteiger partial charge in [0.05, 0.1) is 6.61 Å². The van der Waals surface area contributed by atoms with Crippen LogP contribution in [0.15, 0.2) is 0 Å². The Bertz CT molecular complexity index is 468. The fraction of sp³-hybridized carbons (Fsp3) is 0.714. The van der Waals surface area contributed by atoms with Gasteiger partial charge in [-0.05, 0) is 34.0 Å². The number of carbonyl (C=O) groups is 1. The molecule has 1 aromatic rings. The van der Waals surface area contributed by atoms with Gasteiger partial charge in [-0.15, -0.1) is 0 Å². The van der Waals surface area contributed by atoms with Crippen LogP contribution in [0.4, 0.5) is 0 Å². The van der Waals surface area contributed by atoms with Crippen LogP contribution in [-0.2, 0) is 24.2 Å². The molecule has 0 amide bonds. The number of fused-ring (bicyclic) bond motifs is 1. The molecular formula is C14H24N4O2. The highest BCUT2D eigenvalue weighted by molar-refractivity contribution is 5.89. The summed E-state index contributed by atoms with van der Waals surface area (Å²) >= 11 is 0. The Kier molecular flexibility index (Phi) is 5.14. The van der Waals surface area contributed by atoms with Gasteiger partial charge in [-0.2, -0.15) is 5.10 Å². The van der Waals surface area contributed by atoms with Gasteiger partial charge in [0.2, 0.25) is 0 Å². The lowest BCUT2D eigenvalue weighted by Gasteiger charge is -2.16. The molecular weight excluding hydrogens is 256 g/mol. The minimum atomic E-state index is -0.307. The summed E-state index contributed by atoms with van der Waals surface area (Å²) in [5, 5.41) is 7.79. The Morgan fingerprint density at radius 3 is 3.00 bits per heavy atom. The zero-order valence-corrected chi connectivity index (χ0v) is 12.6. The van der Waals surface area contributed by atoms with Gasteiger partial charge in [0.1, 0.15) is 0 Å². The molecule has 0 bridgehead atoms. The number of carbonyl (C=O) groups excluding carboxylic acids is 1. The van der Waals surface area contributed by atoms with E-state index in [1.807, 2.05) is 11.6 Å². The number of hydrogen-bond donors (Lipinski definition) is 1. The molecule has 2 heterocycles. The van der Waals surface area contributed by atoms with Crippen LogP contribution in [0.1, 0.15) is 35.1 Å². The number of nitrogens with one attached hydrogen (secondary N) is 1. The Hall–Kier alpha value is -1.40. The van der Waals surface area contributed by atoms with Crippen LogP contribution >= 0.6 is 0 Å². The quantitative estimate of drug-likeness (QED) is 0.776. The number of ether oxygens (including phenoxy) is 1. The highest BCUT2D eigenvalue weighted by Gasteiger charge is 2.25. The van der Waals surface area contributed by atoms with Crippen molar-refractivity contribution in [3.05, 3.63) is 17.0 Å². The summed E-state index contributed by atoms with van der Waals surface area (Å²) < 4.78 is 7.09. The number of aromatic nitrogens is 2. The van der Waals surface area contributed by atoms with E-state index in [0.717, 1.165) is 38.0 Å². The van der Waals surface area contributed by atoms with E-state index in [1.54, 1.807) is 0 Å². The van der Waals surface area contributed by atoms with Gasteiger partial charge < -0.3 is 15.0 Å². The smallest absolute Gasteiger partial charge is 0.359 e. The Morgan fingerprint density at radius 2 is 2.30 bits per heavy atom. The molecule has 0 saturated heterocycles. The van der Waals surface area contributed by atoms with Crippen molar-refractivity contribution in [2.45, 2.75) is 32.9 Å². The highest BCUT2D eigenvalue weighted by atomic mass is 16.5. The summed E-state index contributed by atoms with van der Waals surface area (Å²) in [6, 6.07) is 0. The first kappa shape index (κ1) is 15.0. The maximum Gasteiger partial charge on any atom is 0.359 e.